The monoisotopic (exact) mass is 423 g/mol. The number of hydrogen-bond acceptors (Lipinski definition) is 5. The van der Waals surface area contributed by atoms with Crippen LogP contribution in [0.15, 0.2) is 71.3 Å². The van der Waals surface area contributed by atoms with Crippen molar-refractivity contribution in [2.45, 2.75) is 19.1 Å². The molecule has 2 N–H and O–H groups in total. The number of rotatable bonds is 9. The van der Waals surface area contributed by atoms with Gasteiger partial charge in [0.25, 0.3) is 0 Å². The molecule has 0 saturated carbocycles. The molecule has 0 spiro atoms. The van der Waals surface area contributed by atoms with Crippen LogP contribution in [0.3, 0.4) is 0 Å². The number of nitrogens with one attached hydrogen (secondary N) is 1. The van der Waals surface area contributed by atoms with Crippen LogP contribution < -0.4 is 5.32 Å². The Morgan fingerprint density at radius 1 is 1.20 bits per heavy atom. The first kappa shape index (κ1) is 21.6. The number of nitrogens with zero attached hydrogens (tertiary/aromatic N) is 2. The first-order valence-electron chi connectivity index (χ1n) is 9.52. The molecule has 0 fully saturated rings. The Bertz CT molecular complexity index is 1000. The Morgan fingerprint density at radius 2 is 2.00 bits per heavy atom. The van der Waals surface area contributed by atoms with E-state index in [2.05, 4.69) is 5.32 Å². The molecule has 0 radical (unpaired) electrons. The molecular formula is C23H22ClN3O3. The number of nitriles is 1. The minimum absolute atomic E-state index is 0.179. The molecule has 1 heterocycles. The van der Waals surface area contributed by atoms with Crippen molar-refractivity contribution in [3.8, 4) is 6.07 Å². The van der Waals surface area contributed by atoms with Crippen LogP contribution in [0, 0.1) is 11.3 Å². The molecular weight excluding hydrogens is 402 g/mol. The van der Waals surface area contributed by atoms with Crippen LogP contribution >= 0.6 is 11.6 Å². The van der Waals surface area contributed by atoms with Gasteiger partial charge in [0.2, 0.25) is 5.91 Å². The summed E-state index contributed by atoms with van der Waals surface area (Å²) in [6.07, 6.45) is 0.968. The fraction of sp³-hybridized carbons (Fsp3) is 0.217. The zero-order chi connectivity index (χ0) is 21.3. The standard InChI is InChI=1S/C23H22ClN3O3/c24-20-13-19(9-8-18(20)14-25)26-23(29)10-11-27(15-17-5-2-1-3-6-17)16-21(28)22-7-4-12-30-22/h1-9,12-13,21,28H,10-11,15-16H2,(H,26,29)/t21-/m0/s1. The van der Waals surface area contributed by atoms with Crippen molar-refractivity contribution < 1.29 is 14.3 Å². The first-order valence-corrected chi connectivity index (χ1v) is 9.90. The average Bonchev–Trinajstić information content (AvgIpc) is 3.28. The third-order valence-corrected chi connectivity index (χ3v) is 4.89. The molecule has 0 aliphatic carbocycles. The van der Waals surface area contributed by atoms with Crippen LogP contribution in [0.2, 0.25) is 5.02 Å². The van der Waals surface area contributed by atoms with Gasteiger partial charge in [-0.05, 0) is 35.9 Å². The van der Waals surface area contributed by atoms with Crippen LogP contribution in [-0.4, -0.2) is 29.0 Å². The van der Waals surface area contributed by atoms with Gasteiger partial charge in [-0.3, -0.25) is 9.69 Å². The van der Waals surface area contributed by atoms with Crippen molar-refractivity contribution in [3.05, 3.63) is 88.8 Å². The van der Waals surface area contributed by atoms with E-state index < -0.39 is 6.10 Å². The van der Waals surface area contributed by atoms with Gasteiger partial charge in [-0.1, -0.05) is 41.9 Å². The number of amides is 1. The molecule has 1 atom stereocenters. The molecule has 6 nitrogen and oxygen atoms in total. The highest BCUT2D eigenvalue weighted by molar-refractivity contribution is 6.32. The third kappa shape index (κ3) is 6.19. The highest BCUT2D eigenvalue weighted by Gasteiger charge is 2.17. The Hall–Kier alpha value is -3.11. The molecule has 0 bridgehead atoms. The van der Waals surface area contributed by atoms with E-state index in [4.69, 9.17) is 21.3 Å². The zero-order valence-electron chi connectivity index (χ0n) is 16.3. The summed E-state index contributed by atoms with van der Waals surface area (Å²) < 4.78 is 5.29. The van der Waals surface area contributed by atoms with Gasteiger partial charge in [-0.15, -0.1) is 0 Å². The maximum absolute atomic E-state index is 12.4. The molecule has 0 aliphatic rings. The van der Waals surface area contributed by atoms with Gasteiger partial charge in [0, 0.05) is 31.7 Å². The van der Waals surface area contributed by atoms with E-state index in [-0.39, 0.29) is 12.3 Å². The largest absolute Gasteiger partial charge is 0.467 e. The number of furan rings is 1. The summed E-state index contributed by atoms with van der Waals surface area (Å²) in [5.74, 6) is 0.311. The average molecular weight is 424 g/mol. The Balaban J connectivity index is 1.61. The van der Waals surface area contributed by atoms with Crippen molar-refractivity contribution in [2.24, 2.45) is 0 Å². The van der Waals surface area contributed by atoms with Crippen molar-refractivity contribution in [1.82, 2.24) is 4.90 Å². The SMILES string of the molecule is N#Cc1ccc(NC(=O)CCN(Cc2ccccc2)C[C@H](O)c2ccco2)cc1Cl. The van der Waals surface area contributed by atoms with E-state index in [9.17, 15) is 9.90 Å². The summed E-state index contributed by atoms with van der Waals surface area (Å²) in [6, 6.07) is 20.1. The van der Waals surface area contributed by atoms with E-state index in [1.165, 1.54) is 6.26 Å². The van der Waals surface area contributed by atoms with Gasteiger partial charge in [-0.25, -0.2) is 0 Å². The fourth-order valence-corrected chi connectivity index (χ4v) is 3.28. The summed E-state index contributed by atoms with van der Waals surface area (Å²) in [7, 11) is 0. The normalized spacial score (nSPS) is 11.8. The van der Waals surface area contributed by atoms with Crippen molar-refractivity contribution >= 4 is 23.2 Å². The van der Waals surface area contributed by atoms with Gasteiger partial charge in [0.1, 0.15) is 17.9 Å². The number of aliphatic hydroxyl groups excluding tert-OH is 1. The van der Waals surface area contributed by atoms with Crippen LogP contribution in [0.4, 0.5) is 5.69 Å². The smallest absolute Gasteiger partial charge is 0.225 e. The lowest BCUT2D eigenvalue weighted by atomic mass is 10.1. The lowest BCUT2D eigenvalue weighted by Crippen LogP contribution is -2.31. The lowest BCUT2D eigenvalue weighted by Gasteiger charge is -2.24. The highest BCUT2D eigenvalue weighted by atomic mass is 35.5. The summed E-state index contributed by atoms with van der Waals surface area (Å²) in [5, 5.41) is 22.5. The summed E-state index contributed by atoms with van der Waals surface area (Å²) in [5.41, 5.74) is 1.98. The Morgan fingerprint density at radius 3 is 2.67 bits per heavy atom. The van der Waals surface area contributed by atoms with Gasteiger partial charge in [0.15, 0.2) is 0 Å². The maximum Gasteiger partial charge on any atom is 0.225 e. The van der Waals surface area contributed by atoms with E-state index in [0.717, 1.165) is 5.56 Å². The predicted molar refractivity (Wildman–Crippen MR) is 115 cm³/mol. The Kier molecular flexibility index (Phi) is 7.63. The number of carbonyl (C=O) groups excluding carboxylic acids is 1. The van der Waals surface area contributed by atoms with Gasteiger partial charge in [-0.2, -0.15) is 5.26 Å². The second kappa shape index (κ2) is 10.6. The first-order chi connectivity index (χ1) is 14.5. The van der Waals surface area contributed by atoms with Gasteiger partial charge >= 0.3 is 0 Å². The molecule has 0 unspecified atom stereocenters. The molecule has 2 aromatic carbocycles. The quantitative estimate of drug-likeness (QED) is 0.533. The molecule has 0 saturated heterocycles. The molecule has 3 aromatic rings. The zero-order valence-corrected chi connectivity index (χ0v) is 17.0. The van der Waals surface area contributed by atoms with Crippen molar-refractivity contribution in [2.75, 3.05) is 18.4 Å². The van der Waals surface area contributed by atoms with E-state index >= 15 is 0 Å². The Labute approximate surface area is 180 Å². The summed E-state index contributed by atoms with van der Waals surface area (Å²) >= 11 is 6.02. The molecule has 7 heteroatoms. The third-order valence-electron chi connectivity index (χ3n) is 4.58. The van der Waals surface area contributed by atoms with Crippen molar-refractivity contribution in [1.29, 1.82) is 5.26 Å². The fourth-order valence-electron chi connectivity index (χ4n) is 3.06. The topological polar surface area (TPSA) is 89.5 Å². The van der Waals surface area contributed by atoms with Crippen LogP contribution in [-0.2, 0) is 11.3 Å². The number of carbonyl (C=O) groups is 1. The molecule has 3 rings (SSSR count). The second-order valence-electron chi connectivity index (χ2n) is 6.86. The van der Waals surface area contributed by atoms with Crippen LogP contribution in [0.5, 0.6) is 0 Å². The van der Waals surface area contributed by atoms with Crippen LogP contribution in [0.25, 0.3) is 0 Å². The predicted octanol–water partition coefficient (Wildman–Crippen LogP) is 4.37. The number of aliphatic hydroxyl groups is 1. The number of benzene rings is 2. The summed E-state index contributed by atoms with van der Waals surface area (Å²) in [4.78, 5) is 14.4. The minimum atomic E-state index is -0.788. The van der Waals surface area contributed by atoms with Crippen molar-refractivity contribution in [3.63, 3.8) is 0 Å². The molecule has 30 heavy (non-hydrogen) atoms. The van der Waals surface area contributed by atoms with Gasteiger partial charge < -0.3 is 14.8 Å². The lowest BCUT2D eigenvalue weighted by molar-refractivity contribution is -0.116. The highest BCUT2D eigenvalue weighted by Crippen LogP contribution is 2.21. The molecule has 1 amide bonds. The molecule has 0 aliphatic heterocycles. The van der Waals surface area contributed by atoms with E-state index in [1.807, 2.05) is 41.3 Å². The van der Waals surface area contributed by atoms with Gasteiger partial charge in [0.05, 0.1) is 16.8 Å². The maximum atomic E-state index is 12.4. The van der Waals surface area contributed by atoms with E-state index in [0.29, 0.717) is 41.7 Å². The number of anilines is 1. The van der Waals surface area contributed by atoms with Crippen LogP contribution in [0.1, 0.15) is 29.4 Å². The minimum Gasteiger partial charge on any atom is -0.467 e. The second-order valence-corrected chi connectivity index (χ2v) is 7.26. The molecule has 1 aromatic heterocycles. The summed E-state index contributed by atoms with van der Waals surface area (Å²) in [6.45, 7) is 1.37. The number of hydrogen-bond donors (Lipinski definition) is 2. The van der Waals surface area contributed by atoms with E-state index in [1.54, 1.807) is 30.3 Å². The molecule has 154 valence electrons. The number of halogens is 1.